The number of hydrogen-bond acceptors (Lipinski definition) is 6. The van der Waals surface area contributed by atoms with Crippen molar-refractivity contribution >= 4 is 40.6 Å². The van der Waals surface area contributed by atoms with E-state index in [4.69, 9.17) is 0 Å². The normalized spacial score (nSPS) is 11.3. The molecule has 0 fully saturated rings. The summed E-state index contributed by atoms with van der Waals surface area (Å²) in [5.41, 5.74) is 4.55. The highest BCUT2D eigenvalue weighted by atomic mass is 32.2. The van der Waals surface area contributed by atoms with E-state index in [2.05, 4.69) is 71.4 Å². The van der Waals surface area contributed by atoms with Gasteiger partial charge in [0.05, 0.1) is 4.88 Å². The third kappa shape index (κ3) is 6.05. The Kier molecular flexibility index (Phi) is 7.36. The first-order chi connectivity index (χ1) is 16.3. The van der Waals surface area contributed by atoms with Crippen LogP contribution >= 0.6 is 23.3 Å². The summed E-state index contributed by atoms with van der Waals surface area (Å²) >= 11 is 3.22. The zero-order valence-electron chi connectivity index (χ0n) is 19.7. The lowest BCUT2D eigenvalue weighted by molar-refractivity contribution is 0.102. The van der Waals surface area contributed by atoms with Gasteiger partial charge in [0.25, 0.3) is 5.91 Å². The van der Waals surface area contributed by atoms with Crippen molar-refractivity contribution < 1.29 is 4.79 Å². The van der Waals surface area contributed by atoms with Crippen molar-refractivity contribution in [2.45, 2.75) is 31.2 Å². The highest BCUT2D eigenvalue weighted by Gasteiger charge is 2.16. The van der Waals surface area contributed by atoms with E-state index >= 15 is 0 Å². The quantitative estimate of drug-likeness (QED) is 0.241. The van der Waals surface area contributed by atoms with Gasteiger partial charge in [-0.2, -0.15) is 0 Å². The zero-order valence-corrected chi connectivity index (χ0v) is 21.3. The Morgan fingerprint density at radius 1 is 0.941 bits per heavy atom. The molecule has 5 nitrogen and oxygen atoms in total. The molecule has 7 heteroatoms. The minimum absolute atomic E-state index is 0.0703. The molecule has 0 saturated carbocycles. The molecule has 0 saturated heterocycles. The van der Waals surface area contributed by atoms with Crippen LogP contribution in [0.1, 0.15) is 31.1 Å². The minimum atomic E-state index is -0.127. The molecule has 0 aliphatic heterocycles. The molecule has 0 aliphatic rings. The van der Waals surface area contributed by atoms with Gasteiger partial charge in [-0.1, -0.05) is 24.3 Å². The molecular formula is C27H28N4OS2. The standard InChI is InChI=1S/C27H28N4OS2/c1-27(2,3)31-34-23-16-21(30-25(32)18-8-6-5-7-9-18)14-15-22(23)24-17-29-26(33-24)19-10-12-20(28-4)13-11-19/h5-17,28,31H,1-4H3,(H,30,32). The maximum Gasteiger partial charge on any atom is 0.255 e. The SMILES string of the molecule is CNc1ccc(-c2ncc(-c3ccc(NC(=O)c4ccccc4)cc3SNC(C)(C)C)s2)cc1. The molecule has 34 heavy (non-hydrogen) atoms. The van der Waals surface area contributed by atoms with Crippen LogP contribution in [0.2, 0.25) is 0 Å². The van der Waals surface area contributed by atoms with Crippen molar-refractivity contribution in [3.63, 3.8) is 0 Å². The fraction of sp³-hybridized carbons (Fsp3) is 0.185. The van der Waals surface area contributed by atoms with Gasteiger partial charge in [-0.15, -0.1) is 11.3 Å². The lowest BCUT2D eigenvalue weighted by Gasteiger charge is -2.21. The number of anilines is 2. The smallest absolute Gasteiger partial charge is 0.255 e. The Morgan fingerprint density at radius 2 is 1.65 bits per heavy atom. The van der Waals surface area contributed by atoms with E-state index < -0.39 is 0 Å². The van der Waals surface area contributed by atoms with Gasteiger partial charge in [0.2, 0.25) is 0 Å². The molecule has 3 N–H and O–H groups in total. The number of nitrogens with one attached hydrogen (secondary N) is 3. The van der Waals surface area contributed by atoms with Gasteiger partial charge in [-0.05, 0) is 81.3 Å². The molecule has 0 atom stereocenters. The van der Waals surface area contributed by atoms with Crippen LogP contribution in [0, 0.1) is 0 Å². The summed E-state index contributed by atoms with van der Waals surface area (Å²) in [6, 6.07) is 23.5. The first-order valence-electron chi connectivity index (χ1n) is 11.0. The fourth-order valence-electron chi connectivity index (χ4n) is 3.20. The number of rotatable bonds is 7. The molecule has 1 heterocycles. The first kappa shape index (κ1) is 24.0. The molecule has 4 rings (SSSR count). The van der Waals surface area contributed by atoms with Crippen molar-refractivity contribution in [3.05, 3.63) is 84.6 Å². The Balaban J connectivity index is 1.63. The lowest BCUT2D eigenvalue weighted by Crippen LogP contribution is -2.29. The molecule has 0 aliphatic carbocycles. The number of thiazole rings is 1. The van der Waals surface area contributed by atoms with Gasteiger partial charge >= 0.3 is 0 Å². The number of carbonyl (C=O) groups excluding carboxylic acids is 1. The van der Waals surface area contributed by atoms with Crippen LogP contribution in [-0.2, 0) is 0 Å². The van der Waals surface area contributed by atoms with Crippen LogP contribution in [0.4, 0.5) is 11.4 Å². The third-order valence-electron chi connectivity index (χ3n) is 4.93. The number of amides is 1. The Morgan fingerprint density at radius 3 is 2.32 bits per heavy atom. The molecule has 4 aromatic rings. The second-order valence-corrected chi connectivity index (χ2v) is 10.7. The molecule has 0 unspecified atom stereocenters. The fourth-order valence-corrected chi connectivity index (χ4v) is 5.12. The molecule has 3 aromatic carbocycles. The first-order valence-corrected chi connectivity index (χ1v) is 12.6. The number of carbonyl (C=O) groups is 1. The third-order valence-corrected chi connectivity index (χ3v) is 7.29. The highest BCUT2D eigenvalue weighted by Crippen LogP contribution is 2.38. The van der Waals surface area contributed by atoms with Gasteiger partial charge in [0, 0.05) is 51.7 Å². The molecule has 1 amide bonds. The summed E-state index contributed by atoms with van der Waals surface area (Å²) in [6.07, 6.45) is 1.92. The van der Waals surface area contributed by atoms with Gasteiger partial charge in [0.15, 0.2) is 0 Å². The Labute approximate surface area is 209 Å². The van der Waals surface area contributed by atoms with Crippen LogP contribution in [-0.4, -0.2) is 23.5 Å². The van der Waals surface area contributed by atoms with E-state index in [1.165, 1.54) is 0 Å². The second-order valence-electron chi connectivity index (χ2n) is 8.84. The molecule has 0 radical (unpaired) electrons. The van der Waals surface area contributed by atoms with Crippen molar-refractivity contribution in [3.8, 4) is 21.0 Å². The molecule has 0 spiro atoms. The summed E-state index contributed by atoms with van der Waals surface area (Å²) in [4.78, 5) is 19.4. The van der Waals surface area contributed by atoms with Gasteiger partial charge in [-0.25, -0.2) is 4.98 Å². The van der Waals surface area contributed by atoms with Crippen LogP contribution < -0.4 is 15.4 Å². The number of benzene rings is 3. The summed E-state index contributed by atoms with van der Waals surface area (Å²) in [5.74, 6) is -0.127. The minimum Gasteiger partial charge on any atom is -0.388 e. The van der Waals surface area contributed by atoms with Crippen LogP contribution in [0.3, 0.4) is 0 Å². The van der Waals surface area contributed by atoms with Gasteiger partial charge in [-0.3, -0.25) is 9.52 Å². The Bertz CT molecular complexity index is 1260. The summed E-state index contributed by atoms with van der Waals surface area (Å²) in [6.45, 7) is 6.38. The summed E-state index contributed by atoms with van der Waals surface area (Å²) in [5, 5.41) is 7.13. The van der Waals surface area contributed by atoms with Crippen molar-refractivity contribution in [1.82, 2.24) is 9.71 Å². The van der Waals surface area contributed by atoms with E-state index in [-0.39, 0.29) is 11.4 Å². The van der Waals surface area contributed by atoms with Gasteiger partial charge < -0.3 is 10.6 Å². The van der Waals surface area contributed by atoms with E-state index in [0.29, 0.717) is 5.56 Å². The van der Waals surface area contributed by atoms with Gasteiger partial charge in [0.1, 0.15) is 5.01 Å². The second kappa shape index (κ2) is 10.4. The van der Waals surface area contributed by atoms with Crippen molar-refractivity contribution in [2.24, 2.45) is 0 Å². The zero-order chi connectivity index (χ0) is 24.1. The topological polar surface area (TPSA) is 66.0 Å². The average Bonchev–Trinajstić information content (AvgIpc) is 3.33. The monoisotopic (exact) mass is 488 g/mol. The highest BCUT2D eigenvalue weighted by molar-refractivity contribution is 7.97. The molecule has 0 bridgehead atoms. The molecule has 1 aromatic heterocycles. The van der Waals surface area contributed by atoms with Crippen LogP contribution in [0.25, 0.3) is 21.0 Å². The predicted molar refractivity (Wildman–Crippen MR) is 146 cm³/mol. The van der Waals surface area contributed by atoms with Crippen LogP contribution in [0.5, 0.6) is 0 Å². The average molecular weight is 489 g/mol. The summed E-state index contributed by atoms with van der Waals surface area (Å²) < 4.78 is 3.49. The summed E-state index contributed by atoms with van der Waals surface area (Å²) in [7, 11) is 1.91. The number of nitrogens with zero attached hydrogens (tertiary/aromatic N) is 1. The number of aromatic nitrogens is 1. The molecular weight excluding hydrogens is 460 g/mol. The largest absolute Gasteiger partial charge is 0.388 e. The molecule has 174 valence electrons. The van der Waals surface area contributed by atoms with E-state index in [9.17, 15) is 4.79 Å². The maximum atomic E-state index is 12.7. The lowest BCUT2D eigenvalue weighted by atomic mass is 10.1. The maximum absolute atomic E-state index is 12.7. The predicted octanol–water partition coefficient (Wildman–Crippen LogP) is 7.17. The number of hydrogen-bond donors (Lipinski definition) is 3. The van der Waals surface area contributed by atoms with Crippen LogP contribution in [0.15, 0.2) is 83.9 Å². The van der Waals surface area contributed by atoms with E-state index in [1.54, 1.807) is 23.3 Å². The van der Waals surface area contributed by atoms with Crippen molar-refractivity contribution in [1.29, 1.82) is 0 Å². The van der Waals surface area contributed by atoms with E-state index in [0.717, 1.165) is 37.3 Å². The van der Waals surface area contributed by atoms with E-state index in [1.807, 2.05) is 55.7 Å². The Hall–Kier alpha value is -3.13. The van der Waals surface area contributed by atoms with Crippen molar-refractivity contribution in [2.75, 3.05) is 17.7 Å².